The van der Waals surface area contributed by atoms with Crippen molar-refractivity contribution < 1.29 is 14.3 Å². The molecule has 0 atom stereocenters. The maximum atomic E-state index is 12.3. The van der Waals surface area contributed by atoms with Crippen molar-refractivity contribution in [2.45, 2.75) is 12.8 Å². The molecule has 1 aliphatic rings. The number of hydrogen-bond acceptors (Lipinski definition) is 5. The first-order valence-electron chi connectivity index (χ1n) is 8.93. The molecule has 5 nitrogen and oxygen atoms in total. The van der Waals surface area contributed by atoms with Crippen LogP contribution < -0.4 is 10.2 Å². The molecule has 1 N–H and O–H groups in total. The molecule has 0 bridgehead atoms. The largest absolute Gasteiger partial charge is 0.502 e. The van der Waals surface area contributed by atoms with Crippen LogP contribution in [0.5, 0.6) is 11.5 Å². The first-order valence-corrected chi connectivity index (χ1v) is 8.93. The summed E-state index contributed by atoms with van der Waals surface area (Å²) < 4.78 is 11.5. The average Bonchev–Trinajstić information content (AvgIpc) is 3.19. The van der Waals surface area contributed by atoms with Gasteiger partial charge in [-0.3, -0.25) is 9.69 Å². The van der Waals surface area contributed by atoms with Gasteiger partial charge in [-0.1, -0.05) is 12.1 Å². The molecule has 0 unspecified atom stereocenters. The first kappa shape index (κ1) is 16.7. The van der Waals surface area contributed by atoms with E-state index in [9.17, 15) is 9.90 Å². The number of fused-ring (bicyclic) bond motifs is 1. The summed E-state index contributed by atoms with van der Waals surface area (Å²) in [5.41, 5.74) is 0.668. The van der Waals surface area contributed by atoms with E-state index < -0.39 is 5.43 Å². The van der Waals surface area contributed by atoms with E-state index in [0.29, 0.717) is 23.1 Å². The Morgan fingerprint density at radius 3 is 2.54 bits per heavy atom. The molecule has 1 saturated heterocycles. The molecular formula is C21H21NO4. The number of nitrogens with zero attached hydrogens (tertiary/aromatic N) is 1. The van der Waals surface area contributed by atoms with Crippen LogP contribution in [0.15, 0.2) is 57.7 Å². The Morgan fingerprint density at radius 2 is 1.77 bits per heavy atom. The predicted molar refractivity (Wildman–Crippen MR) is 101 cm³/mol. The lowest BCUT2D eigenvalue weighted by Crippen LogP contribution is -2.25. The Kier molecular flexibility index (Phi) is 4.63. The smallest absolute Gasteiger partial charge is 0.235 e. The molecule has 5 heteroatoms. The summed E-state index contributed by atoms with van der Waals surface area (Å²) in [4.78, 5) is 14.7. The van der Waals surface area contributed by atoms with Gasteiger partial charge in [0.1, 0.15) is 17.9 Å². The third kappa shape index (κ3) is 3.30. The van der Waals surface area contributed by atoms with E-state index in [1.54, 1.807) is 36.4 Å². The first-order chi connectivity index (χ1) is 12.7. The molecule has 134 valence electrons. The standard InChI is InChI=1S/C21H21NO4/c23-19-17-5-1-2-6-18(17)26-21(20(19)24)15-7-9-16(10-8-15)25-14-13-22-11-3-4-12-22/h1-2,5-10,24H,3-4,11-14H2. The zero-order valence-electron chi connectivity index (χ0n) is 14.5. The van der Waals surface area contributed by atoms with Crippen LogP contribution >= 0.6 is 0 Å². The SMILES string of the molecule is O=c1c(O)c(-c2ccc(OCCN3CCCC3)cc2)oc2ccccc12. The second-order valence-electron chi connectivity index (χ2n) is 6.53. The molecular weight excluding hydrogens is 330 g/mol. The fourth-order valence-electron chi connectivity index (χ4n) is 3.33. The summed E-state index contributed by atoms with van der Waals surface area (Å²) in [6, 6.07) is 14.1. The van der Waals surface area contributed by atoms with Crippen molar-refractivity contribution in [3.63, 3.8) is 0 Å². The van der Waals surface area contributed by atoms with E-state index in [1.165, 1.54) is 12.8 Å². The van der Waals surface area contributed by atoms with Gasteiger partial charge in [-0.05, 0) is 62.3 Å². The molecule has 1 aromatic heterocycles. The minimum Gasteiger partial charge on any atom is -0.502 e. The summed E-state index contributed by atoms with van der Waals surface area (Å²) in [6.45, 7) is 3.89. The third-order valence-corrected chi connectivity index (χ3v) is 4.77. The maximum absolute atomic E-state index is 12.3. The highest BCUT2D eigenvalue weighted by atomic mass is 16.5. The molecule has 0 radical (unpaired) electrons. The average molecular weight is 351 g/mol. The highest BCUT2D eigenvalue weighted by molar-refractivity contribution is 5.81. The van der Waals surface area contributed by atoms with Crippen LogP contribution in [-0.4, -0.2) is 36.2 Å². The van der Waals surface area contributed by atoms with E-state index in [-0.39, 0.29) is 11.5 Å². The number of hydrogen-bond donors (Lipinski definition) is 1. The maximum Gasteiger partial charge on any atom is 0.235 e. The van der Waals surface area contributed by atoms with Crippen molar-refractivity contribution in [1.29, 1.82) is 0 Å². The molecule has 0 saturated carbocycles. The lowest BCUT2D eigenvalue weighted by atomic mass is 10.1. The number of benzene rings is 2. The van der Waals surface area contributed by atoms with Gasteiger partial charge >= 0.3 is 0 Å². The van der Waals surface area contributed by atoms with Gasteiger partial charge in [0.25, 0.3) is 0 Å². The highest BCUT2D eigenvalue weighted by Crippen LogP contribution is 2.30. The van der Waals surface area contributed by atoms with Crippen LogP contribution in [0.3, 0.4) is 0 Å². The van der Waals surface area contributed by atoms with Crippen molar-refractivity contribution >= 4 is 11.0 Å². The molecule has 4 rings (SSSR count). The van der Waals surface area contributed by atoms with E-state index in [2.05, 4.69) is 4.90 Å². The van der Waals surface area contributed by atoms with Gasteiger partial charge in [-0.15, -0.1) is 0 Å². The third-order valence-electron chi connectivity index (χ3n) is 4.77. The Balaban J connectivity index is 1.52. The van der Waals surface area contributed by atoms with Gasteiger partial charge in [-0.2, -0.15) is 0 Å². The molecule has 3 aromatic rings. The summed E-state index contributed by atoms with van der Waals surface area (Å²) in [7, 11) is 0. The monoisotopic (exact) mass is 351 g/mol. The minimum atomic E-state index is -0.423. The molecule has 1 fully saturated rings. The van der Waals surface area contributed by atoms with E-state index >= 15 is 0 Å². The summed E-state index contributed by atoms with van der Waals surface area (Å²) >= 11 is 0. The van der Waals surface area contributed by atoms with Crippen molar-refractivity contribution in [2.24, 2.45) is 0 Å². The summed E-state index contributed by atoms with van der Waals surface area (Å²) in [6.07, 6.45) is 2.55. The molecule has 2 aromatic carbocycles. The van der Waals surface area contributed by atoms with Gasteiger partial charge in [-0.25, -0.2) is 0 Å². The van der Waals surface area contributed by atoms with Crippen LogP contribution in [0.2, 0.25) is 0 Å². The lowest BCUT2D eigenvalue weighted by molar-refractivity contribution is 0.238. The van der Waals surface area contributed by atoms with Crippen LogP contribution in [0, 0.1) is 0 Å². The Labute approximate surface area is 151 Å². The fourth-order valence-corrected chi connectivity index (χ4v) is 3.33. The Morgan fingerprint density at radius 1 is 1.04 bits per heavy atom. The van der Waals surface area contributed by atoms with Gasteiger partial charge in [0.05, 0.1) is 5.39 Å². The quantitative estimate of drug-likeness (QED) is 0.760. The van der Waals surface area contributed by atoms with Gasteiger partial charge in [0, 0.05) is 12.1 Å². The number of likely N-dealkylation sites (tertiary alicyclic amines) is 1. The normalized spacial score (nSPS) is 14.8. The number of para-hydroxylation sites is 1. The topological polar surface area (TPSA) is 62.9 Å². The van der Waals surface area contributed by atoms with E-state index in [1.807, 2.05) is 12.1 Å². The minimum absolute atomic E-state index is 0.178. The number of ether oxygens (including phenoxy) is 1. The van der Waals surface area contributed by atoms with Crippen LogP contribution in [0.25, 0.3) is 22.3 Å². The van der Waals surface area contributed by atoms with Crippen LogP contribution in [-0.2, 0) is 0 Å². The lowest BCUT2D eigenvalue weighted by Gasteiger charge is -2.15. The summed E-state index contributed by atoms with van der Waals surface area (Å²) in [5.74, 6) is 0.569. The molecule has 26 heavy (non-hydrogen) atoms. The second kappa shape index (κ2) is 7.22. The summed E-state index contributed by atoms with van der Waals surface area (Å²) in [5, 5.41) is 10.6. The number of rotatable bonds is 5. The van der Waals surface area contributed by atoms with Crippen molar-refractivity contribution in [1.82, 2.24) is 4.90 Å². The van der Waals surface area contributed by atoms with Crippen molar-refractivity contribution in [3.05, 3.63) is 58.8 Å². The highest BCUT2D eigenvalue weighted by Gasteiger charge is 2.15. The van der Waals surface area contributed by atoms with Gasteiger partial charge in [0.2, 0.25) is 11.2 Å². The van der Waals surface area contributed by atoms with Crippen LogP contribution in [0.4, 0.5) is 0 Å². The number of aromatic hydroxyl groups is 1. The van der Waals surface area contributed by atoms with E-state index in [4.69, 9.17) is 9.15 Å². The predicted octanol–water partition coefficient (Wildman–Crippen LogP) is 3.64. The van der Waals surface area contributed by atoms with Crippen molar-refractivity contribution in [3.8, 4) is 22.8 Å². The van der Waals surface area contributed by atoms with Crippen LogP contribution in [0.1, 0.15) is 12.8 Å². The van der Waals surface area contributed by atoms with Gasteiger partial charge in [0.15, 0.2) is 5.76 Å². The van der Waals surface area contributed by atoms with Crippen molar-refractivity contribution in [2.75, 3.05) is 26.2 Å². The molecule has 0 aliphatic carbocycles. The Bertz CT molecular complexity index is 956. The fraction of sp³-hybridized carbons (Fsp3) is 0.286. The molecule has 1 aliphatic heterocycles. The second-order valence-corrected chi connectivity index (χ2v) is 6.53. The molecule has 2 heterocycles. The zero-order valence-corrected chi connectivity index (χ0v) is 14.5. The zero-order chi connectivity index (χ0) is 17.9. The van der Waals surface area contributed by atoms with E-state index in [0.717, 1.165) is 25.4 Å². The molecule has 0 amide bonds. The Hall–Kier alpha value is -2.79. The molecule has 0 spiro atoms. The van der Waals surface area contributed by atoms with Gasteiger partial charge < -0.3 is 14.3 Å².